The molecule has 6 nitrogen and oxygen atoms in total. The molecular weight excluding hydrogens is 256 g/mol. The summed E-state index contributed by atoms with van der Waals surface area (Å²) in [5.74, 6) is -0.0839. The third-order valence-corrected chi connectivity index (χ3v) is 3.31. The maximum atomic E-state index is 12.1. The first kappa shape index (κ1) is 12.5. The second-order valence-electron chi connectivity index (χ2n) is 4.64. The highest BCUT2D eigenvalue weighted by molar-refractivity contribution is 5.97. The van der Waals surface area contributed by atoms with Gasteiger partial charge in [0.05, 0.1) is 11.8 Å². The summed E-state index contributed by atoms with van der Waals surface area (Å²) in [4.78, 5) is 12.1. The quantitative estimate of drug-likeness (QED) is 0.720. The number of hydrogen-bond acceptors (Lipinski definition) is 3. The number of carbonyl (C=O) groups excluding carboxylic acids is 1. The van der Waals surface area contributed by atoms with Gasteiger partial charge in [-0.15, -0.1) is 0 Å². The number of hydrogen-bond donors (Lipinski definition) is 1. The molecule has 0 fully saturated rings. The Labute approximate surface area is 116 Å². The molecule has 0 unspecified atom stereocenters. The lowest BCUT2D eigenvalue weighted by Gasteiger charge is -2.06. The summed E-state index contributed by atoms with van der Waals surface area (Å²) < 4.78 is 8.98. The van der Waals surface area contributed by atoms with Gasteiger partial charge in [0.2, 0.25) is 0 Å². The van der Waals surface area contributed by atoms with E-state index < -0.39 is 0 Å². The van der Waals surface area contributed by atoms with Gasteiger partial charge in [-0.25, -0.2) is 0 Å². The predicted octanol–water partition coefficient (Wildman–Crippen LogP) is 1.79. The van der Waals surface area contributed by atoms with Crippen LogP contribution < -0.4 is 5.32 Å². The van der Waals surface area contributed by atoms with E-state index in [0.717, 1.165) is 24.1 Å². The van der Waals surface area contributed by atoms with E-state index in [1.165, 1.54) is 0 Å². The van der Waals surface area contributed by atoms with Crippen molar-refractivity contribution in [3.63, 3.8) is 0 Å². The van der Waals surface area contributed by atoms with Crippen LogP contribution in [0.1, 0.15) is 16.9 Å². The fourth-order valence-corrected chi connectivity index (χ4v) is 2.23. The molecule has 6 heteroatoms. The summed E-state index contributed by atoms with van der Waals surface area (Å²) in [5, 5.41) is 7.02. The molecule has 3 aromatic heterocycles. The third-order valence-electron chi connectivity index (χ3n) is 3.31. The maximum Gasteiger partial charge on any atom is 0.268 e. The van der Waals surface area contributed by atoms with Gasteiger partial charge in [0.1, 0.15) is 5.69 Å². The van der Waals surface area contributed by atoms with Gasteiger partial charge in [0.25, 0.3) is 5.91 Å². The second-order valence-corrected chi connectivity index (χ2v) is 4.64. The molecule has 104 valence electrons. The number of amides is 1. The zero-order valence-corrected chi connectivity index (χ0v) is 11.2. The van der Waals surface area contributed by atoms with Crippen LogP contribution in [0, 0.1) is 0 Å². The van der Waals surface area contributed by atoms with Crippen molar-refractivity contribution < 1.29 is 9.21 Å². The summed E-state index contributed by atoms with van der Waals surface area (Å²) in [5.41, 5.74) is 2.26. The number of nitrogens with zero attached hydrogens (tertiary/aromatic N) is 3. The Bertz CT molecular complexity index is 709. The maximum absolute atomic E-state index is 12.1. The third kappa shape index (κ3) is 2.32. The van der Waals surface area contributed by atoms with Gasteiger partial charge in [-0.2, -0.15) is 5.10 Å². The molecule has 0 radical (unpaired) electrons. The molecule has 20 heavy (non-hydrogen) atoms. The van der Waals surface area contributed by atoms with Crippen LogP contribution >= 0.6 is 0 Å². The number of aromatic nitrogens is 3. The monoisotopic (exact) mass is 272 g/mol. The molecule has 0 aliphatic heterocycles. The summed E-state index contributed by atoms with van der Waals surface area (Å²) in [7, 11) is 1.86. The summed E-state index contributed by atoms with van der Waals surface area (Å²) in [6, 6.07) is 5.50. The summed E-state index contributed by atoms with van der Waals surface area (Å²) in [6.45, 7) is 1.41. The van der Waals surface area contributed by atoms with E-state index in [-0.39, 0.29) is 5.91 Å². The van der Waals surface area contributed by atoms with Crippen LogP contribution in [0.3, 0.4) is 0 Å². The summed E-state index contributed by atoms with van der Waals surface area (Å²) in [6.07, 6.45) is 6.12. The lowest BCUT2D eigenvalue weighted by atomic mass is 10.3. The van der Waals surface area contributed by atoms with E-state index in [1.807, 2.05) is 34.6 Å². The molecular formula is C14H16N4O2. The lowest BCUT2D eigenvalue weighted by molar-refractivity contribution is 0.0945. The van der Waals surface area contributed by atoms with Gasteiger partial charge in [0, 0.05) is 44.7 Å². The van der Waals surface area contributed by atoms with Crippen LogP contribution in [0.25, 0.3) is 11.1 Å². The largest absolute Gasteiger partial charge is 0.463 e. The van der Waals surface area contributed by atoms with Crippen molar-refractivity contribution in [3.05, 3.63) is 42.5 Å². The van der Waals surface area contributed by atoms with Crippen LogP contribution in [0.2, 0.25) is 0 Å². The standard InChI is InChI=1S/C14H16N4O2/c1-17-11-4-9-20-13(11)10-12(17)14(19)15-5-2-7-18-8-3-6-16-18/h3-4,6,8-10H,2,5,7H2,1H3,(H,15,19). The number of furan rings is 1. The van der Waals surface area contributed by atoms with Gasteiger partial charge in [-0.1, -0.05) is 0 Å². The first-order valence-electron chi connectivity index (χ1n) is 6.54. The minimum Gasteiger partial charge on any atom is -0.463 e. The highest BCUT2D eigenvalue weighted by atomic mass is 16.3. The number of carbonyl (C=O) groups is 1. The van der Waals surface area contributed by atoms with Crippen molar-refractivity contribution in [2.75, 3.05) is 6.54 Å². The van der Waals surface area contributed by atoms with Crippen LogP contribution in [0.4, 0.5) is 0 Å². The van der Waals surface area contributed by atoms with E-state index in [2.05, 4.69) is 10.4 Å². The zero-order chi connectivity index (χ0) is 13.9. The van der Waals surface area contributed by atoms with Crippen molar-refractivity contribution in [1.82, 2.24) is 19.7 Å². The fourth-order valence-electron chi connectivity index (χ4n) is 2.23. The average molecular weight is 272 g/mol. The first-order valence-corrected chi connectivity index (χ1v) is 6.54. The Morgan fingerprint density at radius 1 is 1.50 bits per heavy atom. The zero-order valence-electron chi connectivity index (χ0n) is 11.2. The van der Waals surface area contributed by atoms with Crippen molar-refractivity contribution in [2.24, 2.45) is 7.05 Å². The van der Waals surface area contributed by atoms with E-state index in [1.54, 1.807) is 18.5 Å². The number of aryl methyl sites for hydroxylation is 2. The number of nitrogens with one attached hydrogen (secondary N) is 1. The fraction of sp³-hybridized carbons (Fsp3) is 0.286. The van der Waals surface area contributed by atoms with Crippen LogP contribution in [-0.4, -0.2) is 26.8 Å². The SMILES string of the molecule is Cn1c(C(=O)NCCCn2cccn2)cc2occc21. The second kappa shape index (κ2) is 5.24. The van der Waals surface area contributed by atoms with Crippen LogP contribution in [0.15, 0.2) is 41.3 Å². The normalized spacial score (nSPS) is 11.1. The molecule has 3 aromatic rings. The predicted molar refractivity (Wildman–Crippen MR) is 74.4 cm³/mol. The van der Waals surface area contributed by atoms with E-state index >= 15 is 0 Å². The van der Waals surface area contributed by atoms with E-state index in [4.69, 9.17) is 4.42 Å². The molecule has 0 saturated carbocycles. The van der Waals surface area contributed by atoms with Gasteiger partial charge >= 0.3 is 0 Å². The average Bonchev–Trinajstić information content (AvgIpc) is 3.14. The smallest absolute Gasteiger partial charge is 0.268 e. The first-order chi connectivity index (χ1) is 9.75. The van der Waals surface area contributed by atoms with Gasteiger partial charge in [-0.3, -0.25) is 9.48 Å². The molecule has 0 spiro atoms. The van der Waals surface area contributed by atoms with Crippen molar-refractivity contribution in [3.8, 4) is 0 Å². The molecule has 3 heterocycles. The van der Waals surface area contributed by atoms with Crippen molar-refractivity contribution in [2.45, 2.75) is 13.0 Å². The molecule has 0 bridgehead atoms. The van der Waals surface area contributed by atoms with Gasteiger partial charge in [-0.05, 0) is 12.5 Å². The topological polar surface area (TPSA) is 65.0 Å². The minimum absolute atomic E-state index is 0.0839. The van der Waals surface area contributed by atoms with Crippen molar-refractivity contribution >= 4 is 17.0 Å². The number of fused-ring (bicyclic) bond motifs is 1. The molecule has 1 amide bonds. The van der Waals surface area contributed by atoms with Gasteiger partial charge < -0.3 is 14.3 Å². The van der Waals surface area contributed by atoms with Gasteiger partial charge in [0.15, 0.2) is 5.58 Å². The highest BCUT2D eigenvalue weighted by Crippen LogP contribution is 2.19. The Morgan fingerprint density at radius 2 is 2.40 bits per heavy atom. The lowest BCUT2D eigenvalue weighted by Crippen LogP contribution is -2.27. The molecule has 1 N–H and O–H groups in total. The molecule has 0 aliphatic carbocycles. The van der Waals surface area contributed by atoms with E-state index in [9.17, 15) is 4.79 Å². The summed E-state index contributed by atoms with van der Waals surface area (Å²) >= 11 is 0. The van der Waals surface area contributed by atoms with Crippen LogP contribution in [0.5, 0.6) is 0 Å². The minimum atomic E-state index is -0.0839. The molecule has 3 rings (SSSR count). The molecule has 0 aromatic carbocycles. The Hall–Kier alpha value is -2.50. The Kier molecular flexibility index (Phi) is 3.28. The Balaban J connectivity index is 1.56. The highest BCUT2D eigenvalue weighted by Gasteiger charge is 2.14. The number of rotatable bonds is 5. The molecule has 0 saturated heterocycles. The molecule has 0 aliphatic rings. The molecule has 0 atom stereocenters. The van der Waals surface area contributed by atoms with E-state index in [0.29, 0.717) is 12.2 Å². The van der Waals surface area contributed by atoms with Crippen LogP contribution in [-0.2, 0) is 13.6 Å². The van der Waals surface area contributed by atoms with Crippen molar-refractivity contribution in [1.29, 1.82) is 0 Å². The Morgan fingerprint density at radius 3 is 3.15 bits per heavy atom.